The Balaban J connectivity index is 1.67. The van der Waals surface area contributed by atoms with Gasteiger partial charge >= 0.3 is 0 Å². The van der Waals surface area contributed by atoms with Crippen molar-refractivity contribution in [2.75, 3.05) is 0 Å². The SMILES string of the molecule is CC[C@H](C(=O)NC1CCC(C)CC1)n1nc(C)n2c(cc3sccc32)c1=O. The largest absolute Gasteiger partial charge is 0.352 e. The summed E-state index contributed by atoms with van der Waals surface area (Å²) in [6.07, 6.45) is 4.85. The van der Waals surface area contributed by atoms with Crippen molar-refractivity contribution in [3.05, 3.63) is 33.7 Å². The van der Waals surface area contributed by atoms with E-state index in [1.807, 2.05) is 35.8 Å². The minimum absolute atomic E-state index is 0.0937. The summed E-state index contributed by atoms with van der Waals surface area (Å²) in [4.78, 5) is 26.0. The fourth-order valence-electron chi connectivity index (χ4n) is 4.18. The van der Waals surface area contributed by atoms with Crippen LogP contribution < -0.4 is 10.9 Å². The van der Waals surface area contributed by atoms with Crippen molar-refractivity contribution in [3.8, 4) is 0 Å². The zero-order valence-corrected chi connectivity index (χ0v) is 16.9. The molecule has 1 N–H and O–H groups in total. The highest BCUT2D eigenvalue weighted by Gasteiger charge is 2.27. The normalized spacial score (nSPS) is 21.6. The number of amides is 1. The maximum absolute atomic E-state index is 13.1. The molecule has 3 heterocycles. The van der Waals surface area contributed by atoms with Crippen molar-refractivity contribution >= 4 is 33.0 Å². The van der Waals surface area contributed by atoms with Gasteiger partial charge in [0.15, 0.2) is 0 Å². The molecule has 27 heavy (non-hydrogen) atoms. The fourth-order valence-corrected chi connectivity index (χ4v) is 4.98. The van der Waals surface area contributed by atoms with Gasteiger partial charge in [0.05, 0.1) is 10.2 Å². The van der Waals surface area contributed by atoms with Gasteiger partial charge in [-0.25, -0.2) is 4.68 Å². The summed E-state index contributed by atoms with van der Waals surface area (Å²) in [5.41, 5.74) is 1.38. The molecule has 1 amide bonds. The Labute approximate surface area is 162 Å². The standard InChI is InChI=1S/C20H26N4O2S/c1-4-15(19(25)21-14-7-5-12(2)6-8-14)24-20(26)17-11-18-16(9-10-27-18)23(17)13(3)22-24/h9-12,14-15H,4-8H2,1-3H3,(H,21,25)/t12?,14?,15-/m1/s1. The lowest BCUT2D eigenvalue weighted by Crippen LogP contribution is -2.44. The zero-order valence-electron chi connectivity index (χ0n) is 16.1. The monoisotopic (exact) mass is 386 g/mol. The Morgan fingerprint density at radius 3 is 2.78 bits per heavy atom. The van der Waals surface area contributed by atoms with Crippen LogP contribution in [-0.4, -0.2) is 26.1 Å². The number of carbonyl (C=O) groups is 1. The zero-order chi connectivity index (χ0) is 19.1. The first kappa shape index (κ1) is 18.2. The van der Waals surface area contributed by atoms with Crippen molar-refractivity contribution in [1.82, 2.24) is 19.5 Å². The molecule has 0 spiro atoms. The summed E-state index contributed by atoms with van der Waals surface area (Å²) < 4.78 is 4.33. The summed E-state index contributed by atoms with van der Waals surface area (Å²) in [6.45, 7) is 6.07. The van der Waals surface area contributed by atoms with Gasteiger partial charge in [0.1, 0.15) is 17.4 Å². The van der Waals surface area contributed by atoms with Gasteiger partial charge in [-0.15, -0.1) is 11.3 Å². The first-order valence-corrected chi connectivity index (χ1v) is 10.7. The third-order valence-corrected chi connectivity index (χ3v) is 6.63. The molecule has 1 saturated carbocycles. The Morgan fingerprint density at radius 2 is 2.07 bits per heavy atom. The lowest BCUT2D eigenvalue weighted by Gasteiger charge is -2.28. The molecule has 0 saturated heterocycles. The molecule has 4 rings (SSSR count). The number of hydrogen-bond acceptors (Lipinski definition) is 4. The number of aryl methyl sites for hydroxylation is 1. The molecule has 7 heteroatoms. The minimum atomic E-state index is -0.575. The summed E-state index contributed by atoms with van der Waals surface area (Å²) in [6, 6.07) is 3.54. The highest BCUT2D eigenvalue weighted by Crippen LogP contribution is 2.26. The second-order valence-electron chi connectivity index (χ2n) is 7.72. The van der Waals surface area contributed by atoms with Gasteiger partial charge in [0.25, 0.3) is 5.56 Å². The van der Waals surface area contributed by atoms with E-state index in [1.165, 1.54) is 4.68 Å². The van der Waals surface area contributed by atoms with Gasteiger partial charge in [-0.2, -0.15) is 5.10 Å². The Morgan fingerprint density at radius 1 is 1.33 bits per heavy atom. The summed E-state index contributed by atoms with van der Waals surface area (Å²) in [5.74, 6) is 1.36. The van der Waals surface area contributed by atoms with Crippen LogP contribution in [0.4, 0.5) is 0 Å². The van der Waals surface area contributed by atoms with E-state index in [0.717, 1.165) is 47.6 Å². The van der Waals surface area contributed by atoms with Crippen LogP contribution in [0.25, 0.3) is 15.7 Å². The van der Waals surface area contributed by atoms with E-state index in [9.17, 15) is 9.59 Å². The van der Waals surface area contributed by atoms with Crippen LogP contribution in [0.3, 0.4) is 0 Å². The molecular formula is C20H26N4O2S. The average Bonchev–Trinajstić information content (AvgIpc) is 3.23. The summed E-state index contributed by atoms with van der Waals surface area (Å²) >= 11 is 1.60. The van der Waals surface area contributed by atoms with Crippen molar-refractivity contribution in [2.24, 2.45) is 5.92 Å². The van der Waals surface area contributed by atoms with Gasteiger partial charge in [-0.1, -0.05) is 13.8 Å². The quantitative estimate of drug-likeness (QED) is 0.744. The van der Waals surface area contributed by atoms with Crippen LogP contribution in [-0.2, 0) is 4.79 Å². The molecule has 1 fully saturated rings. The maximum atomic E-state index is 13.1. The lowest BCUT2D eigenvalue weighted by atomic mass is 9.87. The molecule has 6 nitrogen and oxygen atoms in total. The topological polar surface area (TPSA) is 68.4 Å². The van der Waals surface area contributed by atoms with Gasteiger partial charge in [-0.3, -0.25) is 14.0 Å². The van der Waals surface area contributed by atoms with Gasteiger partial charge < -0.3 is 5.32 Å². The van der Waals surface area contributed by atoms with E-state index < -0.39 is 6.04 Å². The van der Waals surface area contributed by atoms with E-state index >= 15 is 0 Å². The summed E-state index contributed by atoms with van der Waals surface area (Å²) in [7, 11) is 0. The van der Waals surface area contributed by atoms with Crippen LogP contribution in [0.2, 0.25) is 0 Å². The smallest absolute Gasteiger partial charge is 0.291 e. The van der Waals surface area contributed by atoms with E-state index in [2.05, 4.69) is 17.3 Å². The van der Waals surface area contributed by atoms with Crippen LogP contribution in [0.15, 0.2) is 22.3 Å². The average molecular weight is 387 g/mol. The molecule has 0 unspecified atom stereocenters. The van der Waals surface area contributed by atoms with Gasteiger partial charge in [0.2, 0.25) is 5.91 Å². The van der Waals surface area contributed by atoms with Crippen molar-refractivity contribution in [3.63, 3.8) is 0 Å². The highest BCUT2D eigenvalue weighted by molar-refractivity contribution is 7.17. The molecular weight excluding hydrogens is 360 g/mol. The predicted molar refractivity (Wildman–Crippen MR) is 108 cm³/mol. The lowest BCUT2D eigenvalue weighted by molar-refractivity contribution is -0.125. The molecule has 1 atom stereocenters. The Kier molecular flexibility index (Phi) is 4.80. The number of nitrogens with one attached hydrogen (secondary N) is 1. The van der Waals surface area contributed by atoms with Crippen LogP contribution in [0.1, 0.15) is 57.8 Å². The fraction of sp³-hybridized carbons (Fsp3) is 0.550. The second-order valence-corrected chi connectivity index (χ2v) is 8.67. The van der Waals surface area contributed by atoms with Crippen LogP contribution in [0, 0.1) is 12.8 Å². The first-order valence-electron chi connectivity index (χ1n) is 9.78. The van der Waals surface area contributed by atoms with Crippen LogP contribution in [0.5, 0.6) is 0 Å². The number of thiophene rings is 1. The number of aromatic nitrogens is 3. The van der Waals surface area contributed by atoms with Crippen molar-refractivity contribution < 1.29 is 4.79 Å². The number of fused-ring (bicyclic) bond motifs is 3. The van der Waals surface area contributed by atoms with Crippen molar-refractivity contribution in [2.45, 2.75) is 65.0 Å². The Hall–Kier alpha value is -2.15. The molecule has 0 aliphatic heterocycles. The van der Waals surface area contributed by atoms with Crippen molar-refractivity contribution in [1.29, 1.82) is 0 Å². The molecule has 0 aromatic carbocycles. The maximum Gasteiger partial charge on any atom is 0.291 e. The summed E-state index contributed by atoms with van der Waals surface area (Å²) in [5, 5.41) is 9.68. The molecule has 1 aliphatic rings. The van der Waals surface area contributed by atoms with E-state index in [4.69, 9.17) is 0 Å². The van der Waals surface area contributed by atoms with Gasteiger partial charge in [-0.05, 0) is 62.5 Å². The predicted octanol–water partition coefficient (Wildman–Crippen LogP) is 3.67. The first-order chi connectivity index (χ1) is 13.0. The molecule has 144 valence electrons. The van der Waals surface area contributed by atoms with Gasteiger partial charge in [0, 0.05) is 6.04 Å². The number of hydrogen-bond donors (Lipinski definition) is 1. The number of rotatable bonds is 4. The number of carbonyl (C=O) groups excluding carboxylic acids is 1. The third-order valence-electron chi connectivity index (χ3n) is 5.77. The molecule has 0 bridgehead atoms. The second kappa shape index (κ2) is 7.11. The molecule has 0 radical (unpaired) electrons. The van der Waals surface area contributed by atoms with Crippen LogP contribution >= 0.6 is 11.3 Å². The van der Waals surface area contributed by atoms with E-state index in [0.29, 0.717) is 11.9 Å². The molecule has 3 aromatic heterocycles. The number of nitrogens with zero attached hydrogens (tertiary/aromatic N) is 3. The third kappa shape index (κ3) is 3.18. The Bertz CT molecular complexity index is 1040. The minimum Gasteiger partial charge on any atom is -0.352 e. The van der Waals surface area contributed by atoms with E-state index in [1.54, 1.807) is 11.3 Å². The molecule has 1 aliphatic carbocycles. The highest BCUT2D eigenvalue weighted by atomic mass is 32.1. The molecule has 3 aromatic rings. The van der Waals surface area contributed by atoms with E-state index in [-0.39, 0.29) is 17.5 Å².